The minimum atomic E-state index is 0.618. The number of nitrogen functional groups attached to an aromatic ring is 1. The van der Waals surface area contributed by atoms with Crippen molar-refractivity contribution < 1.29 is 0 Å². The van der Waals surface area contributed by atoms with Gasteiger partial charge >= 0.3 is 0 Å². The van der Waals surface area contributed by atoms with Gasteiger partial charge in [0.1, 0.15) is 0 Å². The number of hydrogen-bond acceptors (Lipinski definition) is 3. The van der Waals surface area contributed by atoms with Gasteiger partial charge in [-0.3, -0.25) is 9.67 Å². The molecular formula is C11H12N4. The second kappa shape index (κ2) is 3.08. The molecule has 4 heteroatoms. The number of rotatable bonds is 2. The lowest BCUT2D eigenvalue weighted by atomic mass is 10.2. The summed E-state index contributed by atoms with van der Waals surface area (Å²) in [4.78, 5) is 4.26. The molecule has 1 aliphatic rings. The first-order valence-corrected chi connectivity index (χ1v) is 5.09. The maximum Gasteiger partial charge on any atom is 0.0735 e. The van der Waals surface area contributed by atoms with Crippen LogP contribution in [0.4, 0.5) is 5.69 Å². The van der Waals surface area contributed by atoms with E-state index in [-0.39, 0.29) is 0 Å². The van der Waals surface area contributed by atoms with Crippen LogP contribution in [0, 0.1) is 0 Å². The molecule has 2 aromatic rings. The van der Waals surface area contributed by atoms with Gasteiger partial charge in [0, 0.05) is 11.8 Å². The zero-order valence-electron chi connectivity index (χ0n) is 8.30. The molecule has 0 aliphatic heterocycles. The maximum absolute atomic E-state index is 5.58. The predicted molar refractivity (Wildman–Crippen MR) is 58.1 cm³/mol. The molecule has 0 amide bonds. The van der Waals surface area contributed by atoms with Gasteiger partial charge in [-0.1, -0.05) is 0 Å². The van der Waals surface area contributed by atoms with Crippen LogP contribution in [0.15, 0.2) is 30.7 Å². The molecule has 2 N–H and O–H groups in total. The van der Waals surface area contributed by atoms with Gasteiger partial charge in [-0.05, 0) is 25.0 Å². The van der Waals surface area contributed by atoms with Gasteiger partial charge in [0.25, 0.3) is 0 Å². The van der Waals surface area contributed by atoms with E-state index in [9.17, 15) is 0 Å². The van der Waals surface area contributed by atoms with Gasteiger partial charge in [0.05, 0.1) is 29.8 Å². The number of pyridine rings is 1. The Kier molecular flexibility index (Phi) is 1.74. The van der Waals surface area contributed by atoms with Crippen LogP contribution < -0.4 is 5.73 Å². The van der Waals surface area contributed by atoms with Crippen LogP contribution in [0.2, 0.25) is 0 Å². The van der Waals surface area contributed by atoms with Crippen LogP contribution in [0.25, 0.3) is 11.3 Å². The lowest BCUT2D eigenvalue weighted by Crippen LogP contribution is -1.92. The minimum Gasteiger partial charge on any atom is -0.397 e. The Balaban J connectivity index is 1.93. The zero-order chi connectivity index (χ0) is 10.3. The normalized spacial score (nSPS) is 15.5. The second-order valence-corrected chi connectivity index (χ2v) is 3.92. The number of nitrogens with zero attached hydrogens (tertiary/aromatic N) is 3. The SMILES string of the molecule is Nc1ccc(-c2cnn(C3CC3)c2)nc1. The Morgan fingerprint density at radius 1 is 1.27 bits per heavy atom. The van der Waals surface area contributed by atoms with Crippen molar-refractivity contribution in [2.75, 3.05) is 5.73 Å². The Morgan fingerprint density at radius 2 is 2.13 bits per heavy atom. The molecule has 1 aliphatic carbocycles. The first kappa shape index (κ1) is 8.47. The maximum atomic E-state index is 5.58. The third kappa shape index (κ3) is 1.58. The van der Waals surface area contributed by atoms with Crippen molar-refractivity contribution >= 4 is 5.69 Å². The van der Waals surface area contributed by atoms with Crippen molar-refractivity contribution in [1.82, 2.24) is 14.8 Å². The largest absolute Gasteiger partial charge is 0.397 e. The van der Waals surface area contributed by atoms with E-state index in [4.69, 9.17) is 5.73 Å². The summed E-state index contributed by atoms with van der Waals surface area (Å²) in [5.41, 5.74) is 8.26. The molecule has 0 radical (unpaired) electrons. The average molecular weight is 200 g/mol. The van der Waals surface area contributed by atoms with Crippen LogP contribution in [0.5, 0.6) is 0 Å². The molecule has 4 nitrogen and oxygen atoms in total. The van der Waals surface area contributed by atoms with Crippen molar-refractivity contribution in [2.24, 2.45) is 0 Å². The van der Waals surface area contributed by atoms with Gasteiger partial charge in [-0.25, -0.2) is 0 Å². The minimum absolute atomic E-state index is 0.618. The molecule has 1 fully saturated rings. The summed E-state index contributed by atoms with van der Waals surface area (Å²) in [7, 11) is 0. The molecule has 0 unspecified atom stereocenters. The molecule has 1 saturated carbocycles. The van der Waals surface area contributed by atoms with Crippen molar-refractivity contribution in [3.63, 3.8) is 0 Å². The number of anilines is 1. The molecule has 3 rings (SSSR count). The van der Waals surface area contributed by atoms with E-state index in [1.807, 2.05) is 23.0 Å². The lowest BCUT2D eigenvalue weighted by Gasteiger charge is -1.97. The number of nitrogens with two attached hydrogens (primary N) is 1. The van der Waals surface area contributed by atoms with Crippen LogP contribution in [0.3, 0.4) is 0 Å². The monoisotopic (exact) mass is 200 g/mol. The van der Waals surface area contributed by atoms with Crippen LogP contribution in [-0.4, -0.2) is 14.8 Å². The molecular weight excluding hydrogens is 188 g/mol. The summed E-state index contributed by atoms with van der Waals surface area (Å²) >= 11 is 0. The fourth-order valence-corrected chi connectivity index (χ4v) is 1.59. The van der Waals surface area contributed by atoms with Gasteiger partial charge in [-0.2, -0.15) is 5.10 Å². The molecule has 0 atom stereocenters. The highest BCUT2D eigenvalue weighted by atomic mass is 15.3. The molecule has 0 saturated heterocycles. The lowest BCUT2D eigenvalue weighted by molar-refractivity contribution is 0.642. The molecule has 0 spiro atoms. The fraction of sp³-hybridized carbons (Fsp3) is 0.273. The average Bonchev–Trinajstić information content (AvgIpc) is 2.99. The first-order valence-electron chi connectivity index (χ1n) is 5.09. The summed E-state index contributed by atoms with van der Waals surface area (Å²) in [6, 6.07) is 4.40. The molecule has 0 bridgehead atoms. The van der Waals surface area contributed by atoms with Gasteiger partial charge < -0.3 is 5.73 Å². The smallest absolute Gasteiger partial charge is 0.0735 e. The molecule has 0 aromatic carbocycles. The molecule has 2 aromatic heterocycles. The third-order valence-electron chi connectivity index (χ3n) is 2.60. The predicted octanol–water partition coefficient (Wildman–Crippen LogP) is 1.86. The van der Waals surface area contributed by atoms with E-state index >= 15 is 0 Å². The summed E-state index contributed by atoms with van der Waals surface area (Å²) in [6.07, 6.45) is 8.07. The Hall–Kier alpha value is -1.84. The molecule has 2 heterocycles. The Labute approximate surface area is 87.7 Å². The first-order chi connectivity index (χ1) is 7.33. The topological polar surface area (TPSA) is 56.7 Å². The van der Waals surface area contributed by atoms with Crippen molar-refractivity contribution in [3.05, 3.63) is 30.7 Å². The van der Waals surface area contributed by atoms with E-state index in [2.05, 4.69) is 16.3 Å². The van der Waals surface area contributed by atoms with E-state index in [1.165, 1.54) is 12.8 Å². The van der Waals surface area contributed by atoms with E-state index < -0.39 is 0 Å². The Bertz CT molecular complexity index is 468. The van der Waals surface area contributed by atoms with Crippen molar-refractivity contribution in [2.45, 2.75) is 18.9 Å². The quantitative estimate of drug-likeness (QED) is 0.805. The van der Waals surface area contributed by atoms with Crippen molar-refractivity contribution in [1.29, 1.82) is 0 Å². The second-order valence-electron chi connectivity index (χ2n) is 3.92. The van der Waals surface area contributed by atoms with E-state index in [0.29, 0.717) is 11.7 Å². The summed E-state index contributed by atoms with van der Waals surface area (Å²) < 4.78 is 2.02. The van der Waals surface area contributed by atoms with Crippen molar-refractivity contribution in [3.8, 4) is 11.3 Å². The number of hydrogen-bond donors (Lipinski definition) is 1. The highest BCUT2D eigenvalue weighted by molar-refractivity contribution is 5.58. The van der Waals surface area contributed by atoms with Gasteiger partial charge in [-0.15, -0.1) is 0 Å². The Morgan fingerprint density at radius 3 is 2.80 bits per heavy atom. The zero-order valence-corrected chi connectivity index (χ0v) is 8.30. The number of aromatic nitrogens is 3. The fourth-order valence-electron chi connectivity index (χ4n) is 1.59. The summed E-state index contributed by atoms with van der Waals surface area (Å²) in [5.74, 6) is 0. The summed E-state index contributed by atoms with van der Waals surface area (Å²) in [5, 5.41) is 4.32. The van der Waals surface area contributed by atoms with E-state index in [1.54, 1.807) is 6.20 Å². The highest BCUT2D eigenvalue weighted by Crippen LogP contribution is 2.34. The van der Waals surface area contributed by atoms with E-state index in [0.717, 1.165) is 11.3 Å². The van der Waals surface area contributed by atoms with Crippen LogP contribution in [-0.2, 0) is 0 Å². The van der Waals surface area contributed by atoms with Gasteiger partial charge in [0.2, 0.25) is 0 Å². The molecule has 15 heavy (non-hydrogen) atoms. The standard InChI is InChI=1S/C11H12N4/c12-9-1-4-11(13-6-9)8-5-14-15(7-8)10-2-3-10/h1,4-7,10H,2-3,12H2. The van der Waals surface area contributed by atoms with Crippen LogP contribution in [0.1, 0.15) is 18.9 Å². The highest BCUT2D eigenvalue weighted by Gasteiger charge is 2.24. The third-order valence-corrected chi connectivity index (χ3v) is 2.60. The van der Waals surface area contributed by atoms with Crippen LogP contribution >= 0.6 is 0 Å². The summed E-state index contributed by atoms with van der Waals surface area (Å²) in [6.45, 7) is 0. The van der Waals surface area contributed by atoms with Gasteiger partial charge in [0.15, 0.2) is 0 Å². The molecule has 76 valence electrons.